The van der Waals surface area contributed by atoms with Crippen molar-refractivity contribution >= 4 is 5.91 Å². The van der Waals surface area contributed by atoms with Crippen LogP contribution in [0.15, 0.2) is 24.3 Å². The molecule has 2 rings (SSSR count). The van der Waals surface area contributed by atoms with E-state index in [1.54, 1.807) is 0 Å². The molecule has 1 aromatic carbocycles. The Bertz CT molecular complexity index is 458. The molecule has 1 saturated heterocycles. The number of nitrogens with zero attached hydrogens (tertiary/aromatic N) is 1. The molecule has 0 bridgehead atoms. The molecule has 1 amide bonds. The highest BCUT2D eigenvalue weighted by molar-refractivity contribution is 5.78. The molecule has 0 radical (unpaired) electrons. The highest BCUT2D eigenvalue weighted by Crippen LogP contribution is 2.21. The minimum absolute atomic E-state index is 0.354. The number of likely N-dealkylation sites (tertiary alicyclic amines) is 1. The van der Waals surface area contributed by atoms with Crippen molar-refractivity contribution in [2.24, 2.45) is 0 Å². The van der Waals surface area contributed by atoms with Gasteiger partial charge < -0.3 is 10.2 Å². The lowest BCUT2D eigenvalue weighted by atomic mass is 10.1. The van der Waals surface area contributed by atoms with Crippen LogP contribution in [0.4, 0.5) is 0 Å². The molecule has 1 fully saturated rings. The van der Waals surface area contributed by atoms with Gasteiger partial charge in [-0.05, 0) is 38.3 Å². The number of nitrogens with one attached hydrogen (secondary N) is 1. The number of hydrogen-bond acceptors (Lipinski definition) is 2. The number of hydrogen-bond donors (Lipinski definition) is 1. The van der Waals surface area contributed by atoms with Crippen LogP contribution in [0.25, 0.3) is 0 Å². The Labute approximate surface area is 128 Å². The summed E-state index contributed by atoms with van der Waals surface area (Å²) in [6.07, 6.45) is 5.13. The Hall–Kier alpha value is -1.35. The first kappa shape index (κ1) is 16.0. The maximum atomic E-state index is 11.9. The number of carbonyl (C=O) groups is 1. The zero-order chi connectivity index (χ0) is 15.1. The SMILES string of the molecule is CCCCN1C(=O)CCC1CCNCc1cccc(C)c1. The molecule has 0 aromatic heterocycles. The molecule has 0 saturated carbocycles. The zero-order valence-corrected chi connectivity index (χ0v) is 13.4. The van der Waals surface area contributed by atoms with Gasteiger partial charge in [-0.25, -0.2) is 0 Å². The van der Waals surface area contributed by atoms with E-state index >= 15 is 0 Å². The molecular weight excluding hydrogens is 260 g/mol. The topological polar surface area (TPSA) is 32.3 Å². The molecule has 1 N–H and O–H groups in total. The lowest BCUT2D eigenvalue weighted by molar-refractivity contribution is -0.129. The Kier molecular flexibility index (Phi) is 6.24. The Morgan fingerprint density at radius 1 is 1.38 bits per heavy atom. The van der Waals surface area contributed by atoms with Crippen molar-refractivity contribution in [2.45, 2.75) is 58.5 Å². The molecule has 21 heavy (non-hydrogen) atoms. The van der Waals surface area contributed by atoms with E-state index in [1.165, 1.54) is 11.1 Å². The van der Waals surface area contributed by atoms with E-state index in [0.717, 1.165) is 51.7 Å². The molecule has 0 spiro atoms. The second-order valence-corrected chi connectivity index (χ2v) is 6.09. The van der Waals surface area contributed by atoms with Crippen LogP contribution in [-0.4, -0.2) is 29.9 Å². The van der Waals surface area contributed by atoms with Gasteiger partial charge in [0.2, 0.25) is 5.91 Å². The van der Waals surface area contributed by atoms with Gasteiger partial charge in [0.25, 0.3) is 0 Å². The van der Waals surface area contributed by atoms with Gasteiger partial charge >= 0.3 is 0 Å². The van der Waals surface area contributed by atoms with Crippen LogP contribution in [-0.2, 0) is 11.3 Å². The van der Waals surface area contributed by atoms with Gasteiger partial charge in [0.15, 0.2) is 0 Å². The monoisotopic (exact) mass is 288 g/mol. The summed E-state index contributed by atoms with van der Waals surface area (Å²) in [6.45, 7) is 7.14. The normalized spacial score (nSPS) is 18.5. The molecule has 0 aliphatic carbocycles. The highest BCUT2D eigenvalue weighted by Gasteiger charge is 2.29. The van der Waals surface area contributed by atoms with E-state index in [9.17, 15) is 4.79 Å². The molecule has 1 aliphatic rings. The van der Waals surface area contributed by atoms with Gasteiger partial charge in [-0.1, -0.05) is 43.2 Å². The summed E-state index contributed by atoms with van der Waals surface area (Å²) >= 11 is 0. The van der Waals surface area contributed by atoms with Crippen molar-refractivity contribution in [3.05, 3.63) is 35.4 Å². The third-order valence-corrected chi connectivity index (χ3v) is 4.27. The van der Waals surface area contributed by atoms with Crippen molar-refractivity contribution in [3.8, 4) is 0 Å². The van der Waals surface area contributed by atoms with Crippen molar-refractivity contribution in [1.29, 1.82) is 0 Å². The average molecular weight is 288 g/mol. The minimum Gasteiger partial charge on any atom is -0.340 e. The first-order valence-electron chi connectivity index (χ1n) is 8.26. The van der Waals surface area contributed by atoms with Gasteiger partial charge in [-0.2, -0.15) is 0 Å². The lowest BCUT2D eigenvalue weighted by Gasteiger charge is -2.24. The second kappa shape index (κ2) is 8.18. The van der Waals surface area contributed by atoms with Crippen LogP contribution in [0.3, 0.4) is 0 Å². The van der Waals surface area contributed by atoms with Crippen molar-refractivity contribution in [3.63, 3.8) is 0 Å². The van der Waals surface area contributed by atoms with Gasteiger partial charge in [0.1, 0.15) is 0 Å². The van der Waals surface area contributed by atoms with E-state index in [-0.39, 0.29) is 0 Å². The predicted molar refractivity (Wildman–Crippen MR) is 87.1 cm³/mol. The van der Waals surface area contributed by atoms with Gasteiger partial charge in [-0.3, -0.25) is 4.79 Å². The third kappa shape index (κ3) is 4.85. The van der Waals surface area contributed by atoms with Crippen molar-refractivity contribution in [2.75, 3.05) is 13.1 Å². The summed E-state index contributed by atoms with van der Waals surface area (Å²) in [5.74, 6) is 0.354. The van der Waals surface area contributed by atoms with Crippen LogP contribution in [0.5, 0.6) is 0 Å². The highest BCUT2D eigenvalue weighted by atomic mass is 16.2. The molecule has 1 unspecified atom stereocenters. The van der Waals surface area contributed by atoms with Gasteiger partial charge in [0.05, 0.1) is 0 Å². The molecule has 116 valence electrons. The smallest absolute Gasteiger partial charge is 0.222 e. The summed E-state index contributed by atoms with van der Waals surface area (Å²) in [5.41, 5.74) is 2.64. The van der Waals surface area contributed by atoms with E-state index < -0.39 is 0 Å². The number of amides is 1. The Balaban J connectivity index is 1.71. The summed E-state index contributed by atoms with van der Waals surface area (Å²) in [4.78, 5) is 14.0. The number of rotatable bonds is 8. The number of unbranched alkanes of at least 4 members (excludes halogenated alkanes) is 1. The van der Waals surface area contributed by atoms with E-state index in [4.69, 9.17) is 0 Å². The molecule has 1 heterocycles. The van der Waals surface area contributed by atoms with Crippen LogP contribution in [0.2, 0.25) is 0 Å². The fraction of sp³-hybridized carbons (Fsp3) is 0.611. The standard InChI is InChI=1S/C18H28N2O/c1-3-4-12-20-17(8-9-18(20)21)10-11-19-14-16-7-5-6-15(2)13-16/h5-7,13,17,19H,3-4,8-12,14H2,1-2H3. The van der Waals surface area contributed by atoms with Crippen LogP contribution in [0.1, 0.15) is 50.2 Å². The quantitative estimate of drug-likeness (QED) is 0.745. The molecule has 1 atom stereocenters. The van der Waals surface area contributed by atoms with Crippen molar-refractivity contribution in [1.82, 2.24) is 10.2 Å². The van der Waals surface area contributed by atoms with E-state index in [1.807, 2.05) is 0 Å². The number of carbonyl (C=O) groups excluding carboxylic acids is 1. The minimum atomic E-state index is 0.354. The molecular formula is C18H28N2O. The van der Waals surface area contributed by atoms with Crippen LogP contribution < -0.4 is 5.32 Å². The maximum Gasteiger partial charge on any atom is 0.222 e. The molecule has 1 aromatic rings. The first-order chi connectivity index (χ1) is 10.2. The van der Waals surface area contributed by atoms with Crippen LogP contribution in [0, 0.1) is 6.92 Å². The second-order valence-electron chi connectivity index (χ2n) is 6.09. The maximum absolute atomic E-state index is 11.9. The fourth-order valence-electron chi connectivity index (χ4n) is 3.05. The number of benzene rings is 1. The molecule has 3 nitrogen and oxygen atoms in total. The predicted octanol–water partition coefficient (Wildman–Crippen LogP) is 3.27. The van der Waals surface area contributed by atoms with E-state index in [2.05, 4.69) is 48.3 Å². The zero-order valence-electron chi connectivity index (χ0n) is 13.4. The van der Waals surface area contributed by atoms with E-state index in [0.29, 0.717) is 11.9 Å². The Morgan fingerprint density at radius 3 is 3.00 bits per heavy atom. The fourth-order valence-corrected chi connectivity index (χ4v) is 3.05. The molecule has 3 heteroatoms. The number of aryl methyl sites for hydroxylation is 1. The van der Waals surface area contributed by atoms with Gasteiger partial charge in [-0.15, -0.1) is 0 Å². The lowest BCUT2D eigenvalue weighted by Crippen LogP contribution is -2.35. The van der Waals surface area contributed by atoms with Gasteiger partial charge in [0, 0.05) is 25.6 Å². The van der Waals surface area contributed by atoms with Crippen LogP contribution >= 0.6 is 0 Å². The third-order valence-electron chi connectivity index (χ3n) is 4.27. The Morgan fingerprint density at radius 2 is 2.24 bits per heavy atom. The summed E-state index contributed by atoms with van der Waals surface area (Å²) < 4.78 is 0. The summed E-state index contributed by atoms with van der Waals surface area (Å²) in [6, 6.07) is 9.06. The summed E-state index contributed by atoms with van der Waals surface area (Å²) in [5, 5.41) is 3.51. The van der Waals surface area contributed by atoms with Crippen molar-refractivity contribution < 1.29 is 4.79 Å². The first-order valence-corrected chi connectivity index (χ1v) is 8.26. The summed E-state index contributed by atoms with van der Waals surface area (Å²) in [7, 11) is 0. The molecule has 1 aliphatic heterocycles. The largest absolute Gasteiger partial charge is 0.340 e. The average Bonchev–Trinajstić information content (AvgIpc) is 2.82.